The van der Waals surface area contributed by atoms with Gasteiger partial charge in [0.15, 0.2) is 0 Å². The van der Waals surface area contributed by atoms with Crippen LogP contribution in [0.3, 0.4) is 0 Å². The predicted molar refractivity (Wildman–Crippen MR) is 28.5 cm³/mol. The van der Waals surface area contributed by atoms with E-state index in [1.165, 1.54) is 0 Å². The molecule has 0 aromatic heterocycles. The third-order valence-corrected chi connectivity index (χ3v) is 1.27. The Hall–Kier alpha value is -0.710. The largest absolute Gasteiger partial charge is 0.354 e. The number of carbonyl (C=O) groups is 1. The van der Waals surface area contributed by atoms with Crippen LogP contribution in [0, 0.1) is 0 Å². The van der Waals surface area contributed by atoms with E-state index in [-0.39, 0.29) is 0 Å². The average Bonchev–Trinajstić information content (AvgIpc) is 2.15. The van der Waals surface area contributed by atoms with Crippen LogP contribution in [0.15, 0.2) is 0 Å². The molecule has 0 spiro atoms. The number of hydrogen-bond donors (Lipinski definition) is 1. The summed E-state index contributed by atoms with van der Waals surface area (Å²) in [4.78, 5) is 10.5. The zero-order chi connectivity index (χ0) is 7.56. The van der Waals surface area contributed by atoms with Gasteiger partial charge >= 0.3 is 6.61 Å². The summed E-state index contributed by atoms with van der Waals surface area (Å²) >= 11 is 0. The molecule has 1 atom stereocenters. The highest BCUT2D eigenvalue weighted by atomic mass is 19.3. The van der Waals surface area contributed by atoms with Crippen LogP contribution in [0.4, 0.5) is 8.78 Å². The molecule has 1 rings (SSSR count). The average molecular weight is 151 g/mol. The summed E-state index contributed by atoms with van der Waals surface area (Å²) in [6.07, 6.45) is -0.608. The Balaban J connectivity index is 2.33. The van der Waals surface area contributed by atoms with E-state index in [0.29, 0.717) is 13.0 Å². The van der Waals surface area contributed by atoms with Crippen molar-refractivity contribution in [3.8, 4) is 0 Å². The standard InChI is InChI=1S/C5H7F2NO2/c6-5(7)10-3-1-2-8-4(3)9/h3,5H,1-2H2,(H,8,9)/t3-/m0/s1. The lowest BCUT2D eigenvalue weighted by molar-refractivity contribution is -0.170. The highest BCUT2D eigenvalue weighted by molar-refractivity contribution is 5.82. The van der Waals surface area contributed by atoms with Crippen molar-refractivity contribution < 1.29 is 18.3 Å². The molecule has 3 nitrogen and oxygen atoms in total. The van der Waals surface area contributed by atoms with Crippen molar-refractivity contribution in [2.75, 3.05) is 6.54 Å². The van der Waals surface area contributed by atoms with Gasteiger partial charge in [0.2, 0.25) is 5.91 Å². The second-order valence-electron chi connectivity index (χ2n) is 1.97. The molecule has 1 N–H and O–H groups in total. The minimum Gasteiger partial charge on any atom is -0.354 e. The van der Waals surface area contributed by atoms with E-state index < -0.39 is 18.6 Å². The molecule has 58 valence electrons. The lowest BCUT2D eigenvalue weighted by atomic mass is 10.3. The molecule has 5 heteroatoms. The van der Waals surface area contributed by atoms with E-state index in [2.05, 4.69) is 10.1 Å². The quantitative estimate of drug-likeness (QED) is 0.608. The van der Waals surface area contributed by atoms with Crippen LogP contribution in [0.1, 0.15) is 6.42 Å². The van der Waals surface area contributed by atoms with E-state index in [9.17, 15) is 13.6 Å². The zero-order valence-corrected chi connectivity index (χ0v) is 5.14. The number of nitrogens with one attached hydrogen (secondary N) is 1. The van der Waals surface area contributed by atoms with Crippen molar-refractivity contribution in [1.29, 1.82) is 0 Å². The highest BCUT2D eigenvalue weighted by Gasteiger charge is 2.27. The van der Waals surface area contributed by atoms with Gasteiger partial charge in [-0.3, -0.25) is 4.79 Å². The van der Waals surface area contributed by atoms with E-state index in [4.69, 9.17) is 0 Å². The molecule has 1 aliphatic heterocycles. The van der Waals surface area contributed by atoms with Gasteiger partial charge in [-0.15, -0.1) is 0 Å². The Labute approximate surface area is 56.3 Å². The van der Waals surface area contributed by atoms with Gasteiger partial charge in [0.05, 0.1) is 0 Å². The van der Waals surface area contributed by atoms with Gasteiger partial charge in [-0.05, 0) is 0 Å². The number of carbonyl (C=O) groups excluding carboxylic acids is 1. The maximum absolute atomic E-state index is 11.5. The molecule has 1 heterocycles. The summed E-state index contributed by atoms with van der Waals surface area (Å²) in [6, 6.07) is 0. The molecular formula is C5H7F2NO2. The Morgan fingerprint density at radius 1 is 1.70 bits per heavy atom. The van der Waals surface area contributed by atoms with Crippen LogP contribution in [-0.4, -0.2) is 25.2 Å². The van der Waals surface area contributed by atoms with Gasteiger partial charge in [-0.1, -0.05) is 0 Å². The Bertz CT molecular complexity index is 140. The maximum atomic E-state index is 11.5. The SMILES string of the molecule is O=C1NCC[C@@H]1OC(F)F. The molecular weight excluding hydrogens is 144 g/mol. The lowest BCUT2D eigenvalue weighted by Crippen LogP contribution is -2.26. The van der Waals surface area contributed by atoms with Crippen molar-refractivity contribution in [3.05, 3.63) is 0 Å². The number of hydrogen-bond acceptors (Lipinski definition) is 2. The van der Waals surface area contributed by atoms with Crippen LogP contribution in [0.25, 0.3) is 0 Å². The van der Waals surface area contributed by atoms with Crippen LogP contribution in [-0.2, 0) is 9.53 Å². The first-order chi connectivity index (χ1) is 4.70. The number of halogens is 2. The third kappa shape index (κ3) is 1.63. The molecule has 1 saturated heterocycles. The van der Waals surface area contributed by atoms with Crippen molar-refractivity contribution in [2.45, 2.75) is 19.1 Å². The molecule has 1 aliphatic rings. The highest BCUT2D eigenvalue weighted by Crippen LogP contribution is 2.09. The molecule has 0 aliphatic carbocycles. The fraction of sp³-hybridized carbons (Fsp3) is 0.800. The van der Waals surface area contributed by atoms with Crippen LogP contribution >= 0.6 is 0 Å². The first-order valence-electron chi connectivity index (χ1n) is 2.91. The lowest BCUT2D eigenvalue weighted by Gasteiger charge is -2.05. The molecule has 0 radical (unpaired) electrons. The monoisotopic (exact) mass is 151 g/mol. The van der Waals surface area contributed by atoms with Gasteiger partial charge in [-0.2, -0.15) is 8.78 Å². The van der Waals surface area contributed by atoms with E-state index in [0.717, 1.165) is 0 Å². The number of ether oxygens (including phenoxy) is 1. The molecule has 0 aromatic carbocycles. The first-order valence-corrected chi connectivity index (χ1v) is 2.91. The third-order valence-electron chi connectivity index (χ3n) is 1.27. The van der Waals surface area contributed by atoms with Crippen molar-refractivity contribution in [2.24, 2.45) is 0 Å². The Morgan fingerprint density at radius 3 is 2.80 bits per heavy atom. The summed E-state index contributed by atoms with van der Waals surface area (Å²) in [5.41, 5.74) is 0. The van der Waals surface area contributed by atoms with Crippen LogP contribution in [0.5, 0.6) is 0 Å². The topological polar surface area (TPSA) is 38.3 Å². The van der Waals surface area contributed by atoms with Gasteiger partial charge in [0.1, 0.15) is 6.10 Å². The molecule has 10 heavy (non-hydrogen) atoms. The summed E-state index contributed by atoms with van der Waals surface area (Å²) in [5, 5.41) is 2.38. The number of alkyl halides is 2. The Morgan fingerprint density at radius 2 is 2.40 bits per heavy atom. The normalized spacial score (nSPS) is 25.5. The summed E-state index contributed by atoms with van der Waals surface area (Å²) < 4.78 is 26.9. The van der Waals surface area contributed by atoms with Crippen LogP contribution in [0.2, 0.25) is 0 Å². The van der Waals surface area contributed by atoms with Gasteiger partial charge < -0.3 is 10.1 Å². The van der Waals surface area contributed by atoms with Crippen molar-refractivity contribution in [1.82, 2.24) is 5.32 Å². The summed E-state index contributed by atoms with van der Waals surface area (Å²) in [5.74, 6) is -0.444. The minimum atomic E-state index is -2.85. The van der Waals surface area contributed by atoms with Crippen molar-refractivity contribution in [3.63, 3.8) is 0 Å². The predicted octanol–water partition coefficient (Wildman–Crippen LogP) is 0.114. The summed E-state index contributed by atoms with van der Waals surface area (Å²) in [7, 11) is 0. The van der Waals surface area contributed by atoms with Gasteiger partial charge in [0.25, 0.3) is 0 Å². The second kappa shape index (κ2) is 2.92. The fourth-order valence-corrected chi connectivity index (χ4v) is 0.825. The van der Waals surface area contributed by atoms with E-state index in [1.54, 1.807) is 0 Å². The Kier molecular flexibility index (Phi) is 2.16. The molecule has 0 saturated carbocycles. The molecule has 0 bridgehead atoms. The van der Waals surface area contributed by atoms with E-state index in [1.807, 2.05) is 0 Å². The summed E-state index contributed by atoms with van der Waals surface area (Å²) in [6.45, 7) is -2.43. The smallest absolute Gasteiger partial charge is 0.346 e. The van der Waals surface area contributed by atoms with Crippen molar-refractivity contribution >= 4 is 5.91 Å². The fourth-order valence-electron chi connectivity index (χ4n) is 0.825. The maximum Gasteiger partial charge on any atom is 0.346 e. The number of rotatable bonds is 2. The molecule has 0 unspecified atom stereocenters. The molecule has 0 aromatic rings. The first kappa shape index (κ1) is 7.40. The van der Waals surface area contributed by atoms with Gasteiger partial charge in [0, 0.05) is 13.0 Å². The van der Waals surface area contributed by atoms with Gasteiger partial charge in [-0.25, -0.2) is 0 Å². The second-order valence-corrected chi connectivity index (χ2v) is 1.97. The number of amides is 1. The zero-order valence-electron chi connectivity index (χ0n) is 5.14. The van der Waals surface area contributed by atoms with Crippen LogP contribution < -0.4 is 5.32 Å². The minimum absolute atomic E-state index is 0.336. The van der Waals surface area contributed by atoms with E-state index >= 15 is 0 Å². The molecule has 1 amide bonds. The molecule has 1 fully saturated rings.